The van der Waals surface area contributed by atoms with E-state index in [1.807, 2.05) is 12.1 Å². The van der Waals surface area contributed by atoms with Gasteiger partial charge in [0.25, 0.3) is 0 Å². The first-order chi connectivity index (χ1) is 8.61. The molecule has 0 radical (unpaired) electrons. The van der Waals surface area contributed by atoms with Crippen LogP contribution >= 0.6 is 11.6 Å². The van der Waals surface area contributed by atoms with Crippen molar-refractivity contribution in [2.75, 3.05) is 18.0 Å². The van der Waals surface area contributed by atoms with E-state index in [1.54, 1.807) is 0 Å². The van der Waals surface area contributed by atoms with Crippen molar-refractivity contribution in [3.63, 3.8) is 0 Å². The van der Waals surface area contributed by atoms with E-state index < -0.39 is 0 Å². The molecule has 1 fully saturated rings. The second kappa shape index (κ2) is 5.94. The molecule has 18 heavy (non-hydrogen) atoms. The van der Waals surface area contributed by atoms with Crippen LogP contribution in [0.2, 0.25) is 5.02 Å². The molecule has 0 spiro atoms. The lowest BCUT2D eigenvalue weighted by atomic mass is 9.95. The average molecular weight is 267 g/mol. The summed E-state index contributed by atoms with van der Waals surface area (Å²) in [5.74, 6) is 0.708. The van der Waals surface area contributed by atoms with E-state index >= 15 is 0 Å². The van der Waals surface area contributed by atoms with Gasteiger partial charge in [-0.25, -0.2) is 0 Å². The molecule has 3 atom stereocenters. The zero-order chi connectivity index (χ0) is 13.1. The molecule has 0 aromatic heterocycles. The summed E-state index contributed by atoms with van der Waals surface area (Å²) in [5, 5.41) is 4.48. The Kier molecular flexibility index (Phi) is 4.52. The first kappa shape index (κ1) is 13.7. The van der Waals surface area contributed by atoms with Crippen LogP contribution in [0.25, 0.3) is 0 Å². The minimum atomic E-state index is 0.517. The zero-order valence-corrected chi connectivity index (χ0v) is 12.2. The van der Waals surface area contributed by atoms with Gasteiger partial charge in [-0.05, 0) is 31.0 Å². The molecule has 2 nitrogen and oxygen atoms in total. The summed E-state index contributed by atoms with van der Waals surface area (Å²) in [7, 11) is 0. The Bertz CT molecular complexity index is 394. The van der Waals surface area contributed by atoms with E-state index in [4.69, 9.17) is 11.6 Å². The lowest BCUT2D eigenvalue weighted by Gasteiger charge is -2.42. The maximum Gasteiger partial charge on any atom is 0.0426 e. The van der Waals surface area contributed by atoms with Crippen LogP contribution in [0.4, 0.5) is 5.69 Å². The number of hydrogen-bond acceptors (Lipinski definition) is 2. The van der Waals surface area contributed by atoms with Gasteiger partial charge in [0.2, 0.25) is 0 Å². The quantitative estimate of drug-likeness (QED) is 0.900. The fourth-order valence-electron chi connectivity index (χ4n) is 2.57. The molecule has 1 heterocycles. The molecule has 1 N–H and O–H groups in total. The molecule has 0 bridgehead atoms. The summed E-state index contributed by atoms with van der Waals surface area (Å²) in [6.45, 7) is 8.96. The number of piperazine rings is 1. The van der Waals surface area contributed by atoms with Crippen molar-refractivity contribution in [2.24, 2.45) is 5.92 Å². The summed E-state index contributed by atoms with van der Waals surface area (Å²) >= 11 is 6.10. The number of nitrogens with one attached hydrogen (secondary N) is 1. The monoisotopic (exact) mass is 266 g/mol. The Hall–Kier alpha value is -0.730. The highest BCUT2D eigenvalue weighted by Crippen LogP contribution is 2.25. The third-order valence-electron chi connectivity index (χ3n) is 4.07. The van der Waals surface area contributed by atoms with Crippen LogP contribution in [-0.4, -0.2) is 25.2 Å². The Labute approximate surface area is 115 Å². The van der Waals surface area contributed by atoms with Crippen molar-refractivity contribution in [1.82, 2.24) is 5.32 Å². The standard InChI is InChI=1S/C15H23ClN2/c1-4-11(2)15-10-18(12(3)9-17-15)14-7-5-6-13(16)8-14/h5-8,11-12,15,17H,4,9-10H2,1-3H3. The fourth-order valence-corrected chi connectivity index (χ4v) is 2.75. The van der Waals surface area contributed by atoms with Crippen molar-refractivity contribution < 1.29 is 0 Å². The van der Waals surface area contributed by atoms with E-state index in [-0.39, 0.29) is 0 Å². The van der Waals surface area contributed by atoms with Crippen LogP contribution < -0.4 is 10.2 Å². The average Bonchev–Trinajstić information content (AvgIpc) is 2.38. The molecule has 3 heteroatoms. The summed E-state index contributed by atoms with van der Waals surface area (Å²) in [6, 6.07) is 9.28. The lowest BCUT2D eigenvalue weighted by molar-refractivity contribution is 0.316. The second-order valence-electron chi connectivity index (χ2n) is 5.38. The first-order valence-corrected chi connectivity index (χ1v) is 7.25. The summed E-state index contributed by atoms with van der Waals surface area (Å²) in [5.41, 5.74) is 1.24. The van der Waals surface area contributed by atoms with Crippen LogP contribution in [-0.2, 0) is 0 Å². The molecule has 2 rings (SSSR count). The topological polar surface area (TPSA) is 15.3 Å². The lowest BCUT2D eigenvalue weighted by Crippen LogP contribution is -2.57. The number of hydrogen-bond donors (Lipinski definition) is 1. The number of rotatable bonds is 3. The van der Waals surface area contributed by atoms with Crippen molar-refractivity contribution in [1.29, 1.82) is 0 Å². The van der Waals surface area contributed by atoms with E-state index in [9.17, 15) is 0 Å². The van der Waals surface area contributed by atoms with Crippen molar-refractivity contribution in [3.8, 4) is 0 Å². The second-order valence-corrected chi connectivity index (χ2v) is 5.82. The van der Waals surface area contributed by atoms with Gasteiger partial charge < -0.3 is 10.2 Å². The number of anilines is 1. The molecule has 0 aliphatic carbocycles. The van der Waals surface area contributed by atoms with Crippen molar-refractivity contribution in [3.05, 3.63) is 29.3 Å². The maximum absolute atomic E-state index is 6.10. The normalized spacial score (nSPS) is 26.1. The molecule has 100 valence electrons. The van der Waals surface area contributed by atoms with Crippen LogP contribution in [0.15, 0.2) is 24.3 Å². The van der Waals surface area contributed by atoms with E-state index in [0.29, 0.717) is 18.0 Å². The number of benzene rings is 1. The van der Waals surface area contributed by atoms with Crippen molar-refractivity contribution >= 4 is 17.3 Å². The van der Waals surface area contributed by atoms with E-state index in [0.717, 1.165) is 18.1 Å². The van der Waals surface area contributed by atoms with Crippen LogP contribution in [0.3, 0.4) is 0 Å². The predicted molar refractivity (Wildman–Crippen MR) is 79.5 cm³/mol. The molecule has 1 aliphatic rings. The molecule has 1 aliphatic heterocycles. The number of nitrogens with zero attached hydrogens (tertiary/aromatic N) is 1. The van der Waals surface area contributed by atoms with Gasteiger partial charge in [-0.1, -0.05) is 37.9 Å². The molecular formula is C15H23ClN2. The minimum Gasteiger partial charge on any atom is -0.366 e. The first-order valence-electron chi connectivity index (χ1n) is 6.87. The third-order valence-corrected chi connectivity index (χ3v) is 4.31. The van der Waals surface area contributed by atoms with E-state index in [1.165, 1.54) is 12.1 Å². The predicted octanol–water partition coefficient (Wildman–Crippen LogP) is 3.55. The maximum atomic E-state index is 6.10. The van der Waals surface area contributed by atoms with Gasteiger partial charge in [0.1, 0.15) is 0 Å². The highest BCUT2D eigenvalue weighted by molar-refractivity contribution is 6.30. The summed E-state index contributed by atoms with van der Waals surface area (Å²) < 4.78 is 0. The Morgan fingerprint density at radius 3 is 2.94 bits per heavy atom. The molecule has 1 saturated heterocycles. The molecular weight excluding hydrogens is 244 g/mol. The Morgan fingerprint density at radius 2 is 2.28 bits per heavy atom. The van der Waals surface area contributed by atoms with Crippen LogP contribution in [0.5, 0.6) is 0 Å². The molecule has 0 saturated carbocycles. The summed E-state index contributed by atoms with van der Waals surface area (Å²) in [6.07, 6.45) is 1.22. The summed E-state index contributed by atoms with van der Waals surface area (Å²) in [4.78, 5) is 2.47. The van der Waals surface area contributed by atoms with E-state index in [2.05, 4.69) is 43.1 Å². The fraction of sp³-hybridized carbons (Fsp3) is 0.600. The van der Waals surface area contributed by atoms with Gasteiger partial charge in [0, 0.05) is 35.9 Å². The van der Waals surface area contributed by atoms with Gasteiger partial charge in [-0.15, -0.1) is 0 Å². The van der Waals surface area contributed by atoms with Gasteiger partial charge in [0.15, 0.2) is 0 Å². The third kappa shape index (κ3) is 2.99. The van der Waals surface area contributed by atoms with Gasteiger partial charge in [0.05, 0.1) is 0 Å². The SMILES string of the molecule is CCC(C)C1CN(c2cccc(Cl)c2)C(C)CN1. The highest BCUT2D eigenvalue weighted by atomic mass is 35.5. The smallest absolute Gasteiger partial charge is 0.0426 e. The number of halogens is 1. The largest absolute Gasteiger partial charge is 0.366 e. The van der Waals surface area contributed by atoms with Crippen LogP contribution in [0.1, 0.15) is 27.2 Å². The Balaban J connectivity index is 2.15. The Morgan fingerprint density at radius 1 is 1.50 bits per heavy atom. The van der Waals surface area contributed by atoms with Crippen LogP contribution in [0, 0.1) is 5.92 Å². The van der Waals surface area contributed by atoms with Gasteiger partial charge in [-0.2, -0.15) is 0 Å². The minimum absolute atomic E-state index is 0.517. The zero-order valence-electron chi connectivity index (χ0n) is 11.5. The van der Waals surface area contributed by atoms with Gasteiger partial charge in [-0.3, -0.25) is 0 Å². The molecule has 0 amide bonds. The molecule has 1 aromatic rings. The highest BCUT2D eigenvalue weighted by Gasteiger charge is 2.27. The van der Waals surface area contributed by atoms with Crippen molar-refractivity contribution in [2.45, 2.75) is 39.3 Å². The molecule has 1 aromatic carbocycles. The molecule has 3 unspecified atom stereocenters. The van der Waals surface area contributed by atoms with Gasteiger partial charge >= 0.3 is 0 Å².